The lowest BCUT2D eigenvalue weighted by Crippen LogP contribution is -2.42. The summed E-state index contributed by atoms with van der Waals surface area (Å²) in [5, 5.41) is 3.57. The highest BCUT2D eigenvalue weighted by Crippen LogP contribution is 2.30. The van der Waals surface area contributed by atoms with Crippen LogP contribution in [0.25, 0.3) is 0 Å². The van der Waals surface area contributed by atoms with Crippen molar-refractivity contribution >= 4 is 0 Å². The predicted octanol–water partition coefficient (Wildman–Crippen LogP) is 1.97. The number of nitrogens with one attached hydrogen (secondary N) is 1. The first-order valence-corrected chi connectivity index (χ1v) is 6.82. The standard InChI is InChI=1S/C14H21N3/c1-3-8-16-13(6-1)14-11-15-9-7-12-5-2-4-10-17(12)14/h1,3,6,8,12,14-15H,2,4-5,7,9-11H2. The number of hydrogen-bond donors (Lipinski definition) is 1. The second-order valence-corrected chi connectivity index (χ2v) is 5.15. The first kappa shape index (κ1) is 11.2. The molecule has 3 heterocycles. The Bertz CT molecular complexity index is 352. The molecule has 3 rings (SSSR count). The Morgan fingerprint density at radius 2 is 2.24 bits per heavy atom. The molecule has 2 aliphatic rings. The molecule has 0 aromatic carbocycles. The van der Waals surface area contributed by atoms with E-state index < -0.39 is 0 Å². The molecule has 0 amide bonds. The Morgan fingerprint density at radius 3 is 3.12 bits per heavy atom. The molecule has 1 N–H and O–H groups in total. The van der Waals surface area contributed by atoms with Crippen molar-refractivity contribution in [2.45, 2.75) is 37.8 Å². The summed E-state index contributed by atoms with van der Waals surface area (Å²) in [6.07, 6.45) is 7.32. The molecule has 3 heteroatoms. The number of aromatic nitrogens is 1. The van der Waals surface area contributed by atoms with Crippen molar-refractivity contribution in [1.82, 2.24) is 15.2 Å². The Balaban J connectivity index is 1.85. The largest absolute Gasteiger partial charge is 0.315 e. The Labute approximate surface area is 103 Å². The van der Waals surface area contributed by atoms with Crippen molar-refractivity contribution < 1.29 is 0 Å². The van der Waals surface area contributed by atoms with Crippen LogP contribution >= 0.6 is 0 Å². The highest BCUT2D eigenvalue weighted by Gasteiger charge is 2.31. The number of rotatable bonds is 1. The van der Waals surface area contributed by atoms with Crippen LogP contribution in [0.2, 0.25) is 0 Å². The molecule has 0 radical (unpaired) electrons. The van der Waals surface area contributed by atoms with E-state index in [4.69, 9.17) is 0 Å². The average molecular weight is 231 g/mol. The lowest BCUT2D eigenvalue weighted by Gasteiger charge is -2.39. The molecular weight excluding hydrogens is 210 g/mol. The quantitative estimate of drug-likeness (QED) is 0.801. The maximum atomic E-state index is 4.55. The lowest BCUT2D eigenvalue weighted by atomic mass is 9.97. The number of hydrogen-bond acceptors (Lipinski definition) is 3. The normalized spacial score (nSPS) is 30.6. The van der Waals surface area contributed by atoms with Crippen molar-refractivity contribution in [3.8, 4) is 0 Å². The summed E-state index contributed by atoms with van der Waals surface area (Å²) in [4.78, 5) is 7.24. The van der Waals surface area contributed by atoms with E-state index >= 15 is 0 Å². The Hall–Kier alpha value is -0.930. The molecule has 3 nitrogen and oxygen atoms in total. The third-order valence-corrected chi connectivity index (χ3v) is 4.09. The summed E-state index contributed by atoms with van der Waals surface area (Å²) >= 11 is 0. The molecule has 17 heavy (non-hydrogen) atoms. The maximum Gasteiger partial charge on any atom is 0.0649 e. The van der Waals surface area contributed by atoms with Crippen LogP contribution in [0, 0.1) is 0 Å². The van der Waals surface area contributed by atoms with Crippen molar-refractivity contribution in [2.75, 3.05) is 19.6 Å². The van der Waals surface area contributed by atoms with Gasteiger partial charge in [-0.25, -0.2) is 0 Å². The van der Waals surface area contributed by atoms with Gasteiger partial charge in [0.1, 0.15) is 0 Å². The molecule has 0 aliphatic carbocycles. The van der Waals surface area contributed by atoms with Gasteiger partial charge >= 0.3 is 0 Å². The van der Waals surface area contributed by atoms with Gasteiger partial charge in [-0.1, -0.05) is 12.5 Å². The first-order chi connectivity index (χ1) is 8.45. The van der Waals surface area contributed by atoms with Crippen LogP contribution in [0.5, 0.6) is 0 Å². The molecule has 0 saturated carbocycles. The van der Waals surface area contributed by atoms with Gasteiger partial charge in [-0.2, -0.15) is 0 Å². The third-order valence-electron chi connectivity index (χ3n) is 4.09. The van der Waals surface area contributed by atoms with Gasteiger partial charge in [-0.05, 0) is 44.5 Å². The highest BCUT2D eigenvalue weighted by atomic mass is 15.2. The third kappa shape index (κ3) is 2.35. The van der Waals surface area contributed by atoms with E-state index in [1.807, 2.05) is 12.3 Å². The summed E-state index contributed by atoms with van der Waals surface area (Å²) in [6, 6.07) is 7.52. The Kier molecular flexibility index (Phi) is 3.39. The van der Waals surface area contributed by atoms with Gasteiger partial charge in [-0.3, -0.25) is 9.88 Å². The van der Waals surface area contributed by atoms with Crippen LogP contribution in [0.1, 0.15) is 37.4 Å². The van der Waals surface area contributed by atoms with Gasteiger partial charge in [0.15, 0.2) is 0 Å². The van der Waals surface area contributed by atoms with Crippen LogP contribution in [-0.2, 0) is 0 Å². The van der Waals surface area contributed by atoms with Crippen LogP contribution in [0.4, 0.5) is 0 Å². The van der Waals surface area contributed by atoms with E-state index in [-0.39, 0.29) is 0 Å². The smallest absolute Gasteiger partial charge is 0.0649 e. The van der Waals surface area contributed by atoms with Gasteiger partial charge in [0.25, 0.3) is 0 Å². The van der Waals surface area contributed by atoms with E-state index in [0.717, 1.165) is 19.1 Å². The maximum absolute atomic E-state index is 4.55. The van der Waals surface area contributed by atoms with E-state index in [2.05, 4.69) is 27.3 Å². The molecule has 2 aliphatic heterocycles. The van der Waals surface area contributed by atoms with Gasteiger partial charge in [0, 0.05) is 18.8 Å². The fourth-order valence-corrected chi connectivity index (χ4v) is 3.22. The van der Waals surface area contributed by atoms with Crippen LogP contribution < -0.4 is 5.32 Å². The summed E-state index contributed by atoms with van der Waals surface area (Å²) < 4.78 is 0. The van der Waals surface area contributed by atoms with Gasteiger partial charge in [-0.15, -0.1) is 0 Å². The molecule has 1 aromatic rings. The molecule has 92 valence electrons. The van der Waals surface area contributed by atoms with Gasteiger partial charge in [0.2, 0.25) is 0 Å². The van der Waals surface area contributed by atoms with E-state index in [1.54, 1.807) is 0 Å². The molecule has 2 fully saturated rings. The summed E-state index contributed by atoms with van der Waals surface area (Å²) in [5.74, 6) is 0. The summed E-state index contributed by atoms with van der Waals surface area (Å²) in [7, 11) is 0. The average Bonchev–Trinajstić information content (AvgIpc) is 2.62. The second kappa shape index (κ2) is 5.15. The topological polar surface area (TPSA) is 28.2 Å². The van der Waals surface area contributed by atoms with Crippen molar-refractivity contribution in [1.29, 1.82) is 0 Å². The van der Waals surface area contributed by atoms with E-state index in [9.17, 15) is 0 Å². The minimum Gasteiger partial charge on any atom is -0.315 e. The molecular formula is C14H21N3. The number of nitrogens with zero attached hydrogens (tertiary/aromatic N) is 2. The van der Waals surface area contributed by atoms with Gasteiger partial charge in [0.05, 0.1) is 11.7 Å². The molecule has 0 bridgehead atoms. The fraction of sp³-hybridized carbons (Fsp3) is 0.643. The van der Waals surface area contributed by atoms with Crippen molar-refractivity contribution in [2.24, 2.45) is 0 Å². The predicted molar refractivity (Wildman–Crippen MR) is 68.8 cm³/mol. The zero-order valence-electron chi connectivity index (χ0n) is 10.3. The van der Waals surface area contributed by atoms with E-state index in [0.29, 0.717) is 6.04 Å². The zero-order valence-corrected chi connectivity index (χ0v) is 10.3. The molecule has 1 aromatic heterocycles. The summed E-state index contributed by atoms with van der Waals surface area (Å²) in [6.45, 7) is 3.45. The van der Waals surface area contributed by atoms with Crippen LogP contribution in [-0.4, -0.2) is 35.6 Å². The number of pyridine rings is 1. The minimum absolute atomic E-state index is 0.476. The van der Waals surface area contributed by atoms with E-state index in [1.165, 1.54) is 37.9 Å². The monoisotopic (exact) mass is 231 g/mol. The highest BCUT2D eigenvalue weighted by molar-refractivity contribution is 5.11. The minimum atomic E-state index is 0.476. The Morgan fingerprint density at radius 1 is 1.24 bits per heavy atom. The van der Waals surface area contributed by atoms with Crippen LogP contribution in [0.15, 0.2) is 24.4 Å². The molecule has 2 saturated heterocycles. The molecule has 2 atom stereocenters. The van der Waals surface area contributed by atoms with Crippen LogP contribution in [0.3, 0.4) is 0 Å². The summed E-state index contributed by atoms with van der Waals surface area (Å²) in [5.41, 5.74) is 1.23. The van der Waals surface area contributed by atoms with Crippen molar-refractivity contribution in [3.63, 3.8) is 0 Å². The zero-order chi connectivity index (χ0) is 11.5. The van der Waals surface area contributed by atoms with Crippen molar-refractivity contribution in [3.05, 3.63) is 30.1 Å². The lowest BCUT2D eigenvalue weighted by molar-refractivity contribution is 0.102. The van der Waals surface area contributed by atoms with Gasteiger partial charge < -0.3 is 5.32 Å². The number of fused-ring (bicyclic) bond motifs is 1. The fourth-order valence-electron chi connectivity index (χ4n) is 3.22. The molecule has 2 unspecified atom stereocenters. The number of piperidine rings is 1. The first-order valence-electron chi connectivity index (χ1n) is 6.82. The molecule has 0 spiro atoms. The second-order valence-electron chi connectivity index (χ2n) is 5.15. The SMILES string of the molecule is c1ccc(C2CNCCC3CCCCN32)nc1.